The number of nitrogens with zero attached hydrogens (tertiary/aromatic N) is 2. The van der Waals surface area contributed by atoms with Gasteiger partial charge in [0.2, 0.25) is 5.91 Å². The van der Waals surface area contributed by atoms with Gasteiger partial charge in [0.15, 0.2) is 6.23 Å². The van der Waals surface area contributed by atoms with E-state index in [1.165, 1.54) is 95.3 Å². The lowest BCUT2D eigenvalue weighted by atomic mass is 9.93. The Morgan fingerprint density at radius 1 is 0.750 bits per heavy atom. The molecule has 12 nitrogen and oxygen atoms in total. The van der Waals surface area contributed by atoms with Crippen LogP contribution in [0.3, 0.4) is 0 Å². The lowest BCUT2D eigenvalue weighted by Crippen LogP contribution is -2.71. The summed E-state index contributed by atoms with van der Waals surface area (Å²) in [4.78, 5) is 43.6. The maximum atomic E-state index is 14.1. The summed E-state index contributed by atoms with van der Waals surface area (Å²) in [6.45, 7) is 5.64. The highest BCUT2D eigenvalue weighted by molar-refractivity contribution is 5.95. The number of amides is 4. The fourth-order valence-corrected chi connectivity index (χ4v) is 7.36. The van der Waals surface area contributed by atoms with Crippen LogP contribution in [0.1, 0.15) is 168 Å². The molecule has 6 N–H and O–H groups in total. The number of urea groups is 1. The average molecular weight is 791 g/mol. The zero-order chi connectivity index (χ0) is 41.0. The van der Waals surface area contributed by atoms with E-state index in [0.717, 1.165) is 51.4 Å². The van der Waals surface area contributed by atoms with Gasteiger partial charge in [-0.15, -0.1) is 0 Å². The topological polar surface area (TPSA) is 175 Å². The molecule has 1 aliphatic heterocycles. The Morgan fingerprint density at radius 3 is 1.71 bits per heavy atom. The predicted octanol–water partition coefficient (Wildman–Crippen LogP) is 7.94. The molecule has 0 aliphatic carbocycles. The molecule has 0 aromatic heterocycles. The SMILES string of the molecule is CCCCCCCCCCCCCCNC(=O)N(CCCCCCCCCCCC)[C@@H]1O[C@H](CO)[C@@H](O)[C@H](O)[C@H]1N(C(=O)OCc1ccccc1)C(=O)[C@H](C)N. The lowest BCUT2D eigenvalue weighted by Gasteiger charge is -2.49. The Labute approximate surface area is 338 Å². The largest absolute Gasteiger partial charge is 0.444 e. The minimum absolute atomic E-state index is 0.166. The number of ether oxygens (including phenoxy) is 2. The second-order valence-corrected chi connectivity index (χ2v) is 15.8. The quantitative estimate of drug-likeness (QED) is 0.0485. The van der Waals surface area contributed by atoms with Crippen molar-refractivity contribution in [2.45, 2.75) is 205 Å². The van der Waals surface area contributed by atoms with Crippen molar-refractivity contribution in [2.75, 3.05) is 19.7 Å². The van der Waals surface area contributed by atoms with Crippen LogP contribution in [-0.4, -0.2) is 99.5 Å². The molecule has 0 spiro atoms. The number of rotatable bonds is 30. The van der Waals surface area contributed by atoms with E-state index in [2.05, 4.69) is 19.2 Å². The summed E-state index contributed by atoms with van der Waals surface area (Å²) in [7, 11) is 0. The van der Waals surface area contributed by atoms with Crippen molar-refractivity contribution in [1.82, 2.24) is 15.1 Å². The van der Waals surface area contributed by atoms with Gasteiger partial charge in [0.25, 0.3) is 0 Å². The van der Waals surface area contributed by atoms with Gasteiger partial charge in [-0.05, 0) is 25.3 Å². The van der Waals surface area contributed by atoms with Crippen molar-refractivity contribution in [3.63, 3.8) is 0 Å². The summed E-state index contributed by atoms with van der Waals surface area (Å²) in [5, 5.41) is 35.8. The number of unbranched alkanes of at least 4 members (excludes halogenated alkanes) is 20. The Hall–Kier alpha value is -2.77. The zero-order valence-electron chi connectivity index (χ0n) is 35.1. The number of carbonyl (C=O) groups is 3. The van der Waals surface area contributed by atoms with Crippen LogP contribution in [-0.2, 0) is 20.9 Å². The number of aliphatic hydroxyl groups excluding tert-OH is 3. The van der Waals surface area contributed by atoms with E-state index < -0.39 is 61.3 Å². The smallest absolute Gasteiger partial charge is 0.417 e. The molecule has 1 fully saturated rings. The summed E-state index contributed by atoms with van der Waals surface area (Å²) in [6.07, 6.45) is 18.0. The Kier molecular flexibility index (Phi) is 26.7. The number of carbonyl (C=O) groups excluding carboxylic acids is 3. The number of nitrogens with one attached hydrogen (secondary N) is 1. The van der Waals surface area contributed by atoms with Crippen LogP contribution in [0.5, 0.6) is 0 Å². The molecule has 0 bridgehead atoms. The molecule has 1 aliphatic rings. The van der Waals surface area contributed by atoms with E-state index in [9.17, 15) is 29.7 Å². The van der Waals surface area contributed by atoms with Crippen molar-refractivity contribution >= 4 is 18.0 Å². The van der Waals surface area contributed by atoms with E-state index in [-0.39, 0.29) is 13.2 Å². The molecule has 1 saturated heterocycles. The van der Waals surface area contributed by atoms with Gasteiger partial charge in [0, 0.05) is 13.1 Å². The van der Waals surface area contributed by atoms with Gasteiger partial charge in [0.1, 0.15) is 31.0 Å². The Bertz CT molecular complexity index is 1170. The molecule has 1 aromatic carbocycles. The maximum absolute atomic E-state index is 14.1. The third-order valence-electron chi connectivity index (χ3n) is 10.8. The van der Waals surface area contributed by atoms with Gasteiger partial charge in [-0.25, -0.2) is 14.5 Å². The van der Waals surface area contributed by atoms with Gasteiger partial charge in [-0.3, -0.25) is 9.69 Å². The highest BCUT2D eigenvalue weighted by Gasteiger charge is 2.53. The van der Waals surface area contributed by atoms with E-state index in [0.29, 0.717) is 23.4 Å². The Morgan fingerprint density at radius 2 is 1.23 bits per heavy atom. The summed E-state index contributed by atoms with van der Waals surface area (Å²) < 4.78 is 11.7. The molecule has 2 rings (SSSR count). The number of hydrogen-bond acceptors (Lipinski definition) is 9. The minimum Gasteiger partial charge on any atom is -0.444 e. The molecular weight excluding hydrogens is 713 g/mol. The van der Waals surface area contributed by atoms with Gasteiger partial charge >= 0.3 is 12.1 Å². The molecule has 4 amide bonds. The average Bonchev–Trinajstić information content (AvgIpc) is 3.20. The molecule has 6 atom stereocenters. The van der Waals surface area contributed by atoms with Gasteiger partial charge < -0.3 is 35.8 Å². The normalized spacial score (nSPS) is 20.0. The number of nitrogens with two attached hydrogens (primary N) is 1. The van der Waals surface area contributed by atoms with Crippen LogP contribution in [0.25, 0.3) is 0 Å². The van der Waals surface area contributed by atoms with Crippen LogP contribution in [0.15, 0.2) is 30.3 Å². The highest BCUT2D eigenvalue weighted by atomic mass is 16.6. The highest BCUT2D eigenvalue weighted by Crippen LogP contribution is 2.30. The molecule has 0 radical (unpaired) electrons. The second kappa shape index (κ2) is 30.3. The van der Waals surface area contributed by atoms with Crippen molar-refractivity contribution in [3.05, 3.63) is 35.9 Å². The Balaban J connectivity index is 2.18. The number of aliphatic hydroxyl groups is 3. The third-order valence-corrected chi connectivity index (χ3v) is 10.8. The van der Waals surface area contributed by atoms with Crippen molar-refractivity contribution in [1.29, 1.82) is 0 Å². The lowest BCUT2D eigenvalue weighted by molar-refractivity contribution is -0.238. The first-order chi connectivity index (χ1) is 27.2. The van der Waals surface area contributed by atoms with Crippen LogP contribution in [0.4, 0.5) is 9.59 Å². The summed E-state index contributed by atoms with van der Waals surface area (Å²) in [5.41, 5.74) is 6.69. The van der Waals surface area contributed by atoms with Crippen molar-refractivity contribution in [2.24, 2.45) is 5.73 Å². The van der Waals surface area contributed by atoms with E-state index in [4.69, 9.17) is 15.2 Å². The molecule has 322 valence electrons. The van der Waals surface area contributed by atoms with Gasteiger partial charge in [0.05, 0.1) is 12.6 Å². The summed E-state index contributed by atoms with van der Waals surface area (Å²) in [5.74, 6) is -0.869. The summed E-state index contributed by atoms with van der Waals surface area (Å²) in [6, 6.07) is 5.68. The van der Waals surface area contributed by atoms with Crippen LogP contribution >= 0.6 is 0 Å². The van der Waals surface area contributed by atoms with E-state index in [1.54, 1.807) is 24.3 Å². The van der Waals surface area contributed by atoms with E-state index >= 15 is 0 Å². The first-order valence-electron chi connectivity index (χ1n) is 22.1. The van der Waals surface area contributed by atoms with Crippen LogP contribution < -0.4 is 11.1 Å². The number of hydrogen-bond donors (Lipinski definition) is 5. The monoisotopic (exact) mass is 791 g/mol. The number of benzene rings is 1. The molecule has 0 unspecified atom stereocenters. The second-order valence-electron chi connectivity index (χ2n) is 15.8. The standard InChI is InChI=1S/C44H78N4O8/c1-4-6-8-10-12-14-16-17-18-20-22-27-31-46-43(53)47(32-28-23-21-19-15-13-11-9-7-5-2)42-38(40(51)39(50)37(33-49)56-42)48(41(52)35(3)45)44(54)55-34-36-29-25-24-26-30-36/h24-26,29-30,35,37-40,42,49-51H,4-23,27-28,31-34,45H2,1-3H3,(H,46,53)/t35-,37+,38+,39+,40+,42+/m0/s1. The molecule has 12 heteroatoms. The molecule has 1 heterocycles. The fraction of sp³-hybridized carbons (Fsp3) is 0.795. The van der Waals surface area contributed by atoms with Crippen molar-refractivity contribution in [3.8, 4) is 0 Å². The number of imide groups is 1. The molecular formula is C44H78N4O8. The summed E-state index contributed by atoms with van der Waals surface area (Å²) >= 11 is 0. The van der Waals surface area contributed by atoms with Gasteiger partial charge in [-0.2, -0.15) is 0 Å². The van der Waals surface area contributed by atoms with Crippen molar-refractivity contribution < 1.29 is 39.2 Å². The predicted molar refractivity (Wildman–Crippen MR) is 222 cm³/mol. The minimum atomic E-state index is -1.78. The first kappa shape index (κ1) is 49.4. The third kappa shape index (κ3) is 18.7. The molecule has 56 heavy (non-hydrogen) atoms. The van der Waals surface area contributed by atoms with E-state index in [1.807, 2.05) is 6.07 Å². The van der Waals surface area contributed by atoms with Gasteiger partial charge in [-0.1, -0.05) is 173 Å². The molecule has 0 saturated carbocycles. The zero-order valence-corrected chi connectivity index (χ0v) is 35.1. The first-order valence-corrected chi connectivity index (χ1v) is 22.1. The molecule has 1 aromatic rings. The fourth-order valence-electron chi connectivity index (χ4n) is 7.36. The van der Waals surface area contributed by atoms with Crippen LogP contribution in [0, 0.1) is 0 Å². The van der Waals surface area contributed by atoms with Crippen LogP contribution in [0.2, 0.25) is 0 Å². The maximum Gasteiger partial charge on any atom is 0.417 e.